The van der Waals surface area contributed by atoms with Crippen molar-refractivity contribution >= 4 is 50.4 Å². The van der Waals surface area contributed by atoms with Gasteiger partial charge in [0.15, 0.2) is 0 Å². The summed E-state index contributed by atoms with van der Waals surface area (Å²) in [5.41, 5.74) is 5.43. The molecule has 6 heteroatoms. The number of halogens is 1. The van der Waals surface area contributed by atoms with E-state index in [2.05, 4.69) is 28.2 Å². The van der Waals surface area contributed by atoms with Crippen LogP contribution in [0.4, 0.5) is 0 Å². The first-order valence-electron chi connectivity index (χ1n) is 6.84. The van der Waals surface area contributed by atoms with Gasteiger partial charge in [-0.15, -0.1) is 11.3 Å². The average molecular weight is 375 g/mol. The normalized spacial score (nSPS) is 26.2. The quantitative estimate of drug-likeness (QED) is 0.786. The Morgan fingerprint density at radius 2 is 2.20 bits per heavy atom. The number of nitrogens with two attached hydrogens (primary N) is 1. The lowest BCUT2D eigenvalue weighted by Gasteiger charge is -2.39. The molecule has 0 saturated heterocycles. The van der Waals surface area contributed by atoms with Crippen molar-refractivity contribution in [2.45, 2.75) is 44.6 Å². The highest BCUT2D eigenvalue weighted by Crippen LogP contribution is 2.34. The lowest BCUT2D eigenvalue weighted by atomic mass is 9.75. The summed E-state index contributed by atoms with van der Waals surface area (Å²) in [6.45, 7) is 2.21. The van der Waals surface area contributed by atoms with Crippen LogP contribution in [0, 0.1) is 5.92 Å². The molecule has 3 N–H and O–H groups in total. The second kappa shape index (κ2) is 6.54. The predicted octanol–water partition coefficient (Wildman–Crippen LogP) is 3.87. The summed E-state index contributed by atoms with van der Waals surface area (Å²) in [6, 6.07) is 3.69. The van der Waals surface area contributed by atoms with Gasteiger partial charge in [0.05, 0.1) is 19.2 Å². The standard InChI is InChI=1S/C14H19BrN2OS2/c1-2-9-5-7-14(8-6-9,13(16)19)17-12(18)10-3-4-11(15)20-10/h3-4,9H,2,5-8H2,1H3,(H2,16,19)(H,17,18). The molecule has 1 saturated carbocycles. The Morgan fingerprint density at radius 1 is 1.55 bits per heavy atom. The molecular weight excluding hydrogens is 356 g/mol. The van der Waals surface area contributed by atoms with E-state index in [1.165, 1.54) is 17.8 Å². The van der Waals surface area contributed by atoms with Crippen molar-refractivity contribution in [3.8, 4) is 0 Å². The molecule has 1 amide bonds. The zero-order chi connectivity index (χ0) is 14.8. The zero-order valence-corrected chi connectivity index (χ0v) is 14.7. The van der Waals surface area contributed by atoms with Gasteiger partial charge >= 0.3 is 0 Å². The summed E-state index contributed by atoms with van der Waals surface area (Å²) >= 11 is 10.0. The minimum atomic E-state index is -0.505. The molecule has 0 aliphatic heterocycles. The van der Waals surface area contributed by atoms with Gasteiger partial charge < -0.3 is 11.1 Å². The molecule has 0 bridgehead atoms. The van der Waals surface area contributed by atoms with Gasteiger partial charge in [-0.1, -0.05) is 25.6 Å². The van der Waals surface area contributed by atoms with E-state index in [4.69, 9.17) is 18.0 Å². The molecule has 0 spiro atoms. The Kier molecular flexibility index (Phi) is 5.20. The Morgan fingerprint density at radius 3 is 2.65 bits per heavy atom. The molecule has 1 fully saturated rings. The summed E-state index contributed by atoms with van der Waals surface area (Å²) < 4.78 is 0.946. The maximum Gasteiger partial charge on any atom is 0.262 e. The fourth-order valence-electron chi connectivity index (χ4n) is 2.73. The van der Waals surface area contributed by atoms with Gasteiger partial charge in [0, 0.05) is 0 Å². The third kappa shape index (κ3) is 3.40. The molecule has 2 rings (SSSR count). The van der Waals surface area contributed by atoms with E-state index in [1.807, 2.05) is 12.1 Å². The first-order valence-corrected chi connectivity index (χ1v) is 8.86. The Balaban J connectivity index is 2.10. The molecule has 3 nitrogen and oxygen atoms in total. The Hall–Kier alpha value is -0.460. The van der Waals surface area contributed by atoms with Gasteiger partial charge in [0.25, 0.3) is 5.91 Å². The lowest BCUT2D eigenvalue weighted by molar-refractivity contribution is 0.0902. The number of rotatable bonds is 4. The number of hydrogen-bond donors (Lipinski definition) is 2. The number of thiophene rings is 1. The van der Waals surface area contributed by atoms with Crippen molar-refractivity contribution in [1.29, 1.82) is 0 Å². The van der Waals surface area contributed by atoms with Crippen LogP contribution in [0.2, 0.25) is 0 Å². The maximum atomic E-state index is 12.4. The molecular formula is C14H19BrN2OS2. The highest BCUT2D eigenvalue weighted by atomic mass is 79.9. The van der Waals surface area contributed by atoms with E-state index in [9.17, 15) is 4.79 Å². The van der Waals surface area contributed by atoms with E-state index in [0.717, 1.165) is 35.4 Å². The van der Waals surface area contributed by atoms with E-state index in [0.29, 0.717) is 9.87 Å². The average Bonchev–Trinajstić information content (AvgIpc) is 2.86. The predicted molar refractivity (Wildman–Crippen MR) is 91.3 cm³/mol. The van der Waals surface area contributed by atoms with Crippen LogP contribution >= 0.6 is 39.5 Å². The third-order valence-corrected chi connectivity index (χ3v) is 6.17. The van der Waals surface area contributed by atoms with Gasteiger partial charge in [-0.3, -0.25) is 4.79 Å². The lowest BCUT2D eigenvalue weighted by Crippen LogP contribution is -2.58. The van der Waals surface area contributed by atoms with Crippen LogP contribution < -0.4 is 11.1 Å². The summed E-state index contributed by atoms with van der Waals surface area (Å²) in [4.78, 5) is 13.4. The molecule has 1 aromatic rings. The zero-order valence-electron chi connectivity index (χ0n) is 11.4. The van der Waals surface area contributed by atoms with Crippen molar-refractivity contribution in [2.75, 3.05) is 0 Å². The number of amides is 1. The van der Waals surface area contributed by atoms with Gasteiger partial charge in [0.2, 0.25) is 0 Å². The largest absolute Gasteiger partial charge is 0.391 e. The fourth-order valence-corrected chi connectivity index (χ4v) is 4.26. The topological polar surface area (TPSA) is 55.1 Å². The van der Waals surface area contributed by atoms with Crippen LogP contribution in [-0.2, 0) is 0 Å². The van der Waals surface area contributed by atoms with Crippen molar-refractivity contribution in [1.82, 2.24) is 5.32 Å². The maximum absolute atomic E-state index is 12.4. The first kappa shape index (κ1) is 15.9. The molecule has 1 aliphatic carbocycles. The molecule has 0 aromatic carbocycles. The molecule has 0 radical (unpaired) electrons. The second-order valence-corrected chi connectivity index (χ2v) is 8.26. The highest BCUT2D eigenvalue weighted by Gasteiger charge is 2.39. The minimum Gasteiger partial charge on any atom is -0.391 e. The Labute approximate surface area is 137 Å². The number of thiocarbonyl (C=S) groups is 1. The molecule has 0 unspecified atom stereocenters. The van der Waals surface area contributed by atoms with Gasteiger partial charge in [-0.05, 0) is 59.7 Å². The van der Waals surface area contributed by atoms with E-state index in [-0.39, 0.29) is 5.91 Å². The summed E-state index contributed by atoms with van der Waals surface area (Å²) in [7, 11) is 0. The molecule has 0 atom stereocenters. The molecule has 1 aliphatic rings. The summed E-state index contributed by atoms with van der Waals surface area (Å²) in [6.07, 6.45) is 5.02. The van der Waals surface area contributed by atoms with E-state index in [1.54, 1.807) is 0 Å². The number of carbonyl (C=O) groups is 1. The highest BCUT2D eigenvalue weighted by molar-refractivity contribution is 9.11. The monoisotopic (exact) mass is 374 g/mol. The van der Waals surface area contributed by atoms with Crippen molar-refractivity contribution < 1.29 is 4.79 Å². The summed E-state index contributed by atoms with van der Waals surface area (Å²) in [5.74, 6) is 0.647. The number of hydrogen-bond acceptors (Lipinski definition) is 3. The summed E-state index contributed by atoms with van der Waals surface area (Å²) in [5, 5.41) is 3.09. The van der Waals surface area contributed by atoms with E-state index < -0.39 is 5.54 Å². The van der Waals surface area contributed by atoms with Gasteiger partial charge in [0.1, 0.15) is 0 Å². The van der Waals surface area contributed by atoms with Crippen LogP contribution in [-0.4, -0.2) is 16.4 Å². The number of nitrogens with one attached hydrogen (secondary N) is 1. The Bertz CT molecular complexity index is 507. The second-order valence-electron chi connectivity index (χ2n) is 5.36. The van der Waals surface area contributed by atoms with E-state index >= 15 is 0 Å². The number of carbonyl (C=O) groups excluding carboxylic acids is 1. The fraction of sp³-hybridized carbons (Fsp3) is 0.571. The van der Waals surface area contributed by atoms with Gasteiger partial charge in [-0.25, -0.2) is 0 Å². The molecule has 110 valence electrons. The molecule has 20 heavy (non-hydrogen) atoms. The minimum absolute atomic E-state index is 0.0801. The van der Waals surface area contributed by atoms with Crippen molar-refractivity contribution in [3.05, 3.63) is 20.8 Å². The van der Waals surface area contributed by atoms with Crippen molar-refractivity contribution in [3.63, 3.8) is 0 Å². The van der Waals surface area contributed by atoms with Crippen LogP contribution in [0.15, 0.2) is 15.9 Å². The van der Waals surface area contributed by atoms with Crippen molar-refractivity contribution in [2.24, 2.45) is 11.7 Å². The van der Waals surface area contributed by atoms with Crippen LogP contribution in [0.1, 0.15) is 48.7 Å². The van der Waals surface area contributed by atoms with Crippen LogP contribution in [0.25, 0.3) is 0 Å². The molecule has 1 aromatic heterocycles. The molecule has 1 heterocycles. The van der Waals surface area contributed by atoms with Crippen LogP contribution in [0.3, 0.4) is 0 Å². The first-order chi connectivity index (χ1) is 9.47. The smallest absolute Gasteiger partial charge is 0.262 e. The van der Waals surface area contributed by atoms with Crippen LogP contribution in [0.5, 0.6) is 0 Å². The van der Waals surface area contributed by atoms with Gasteiger partial charge in [-0.2, -0.15) is 0 Å². The third-order valence-electron chi connectivity index (χ3n) is 4.16. The SMILES string of the molecule is CCC1CCC(NC(=O)c2ccc(Br)s2)(C(N)=S)CC1.